The Morgan fingerprint density at radius 2 is 1.85 bits per heavy atom. The molecule has 0 fully saturated rings. The minimum absolute atomic E-state index is 0.0180. The molecule has 0 atom stereocenters. The number of hydrogen-bond donors (Lipinski definition) is 0. The molecule has 1 aromatic carbocycles. The first-order chi connectivity index (χ1) is 5.88. The molecular weight excluding hydrogens is 183 g/mol. The Kier molecular flexibility index (Phi) is 2.64. The number of aryl methyl sites for hydroxylation is 1. The lowest BCUT2D eigenvalue weighted by molar-refractivity contribution is 0.468. The molecule has 72 valence electrons. The summed E-state index contributed by atoms with van der Waals surface area (Å²) < 4.78 is 48.5. The van der Waals surface area contributed by atoms with Gasteiger partial charge in [0.25, 0.3) is 0 Å². The van der Waals surface area contributed by atoms with Crippen LogP contribution in [0.2, 0.25) is 0 Å². The van der Waals surface area contributed by atoms with Crippen LogP contribution in [0.1, 0.15) is 11.1 Å². The van der Waals surface area contributed by atoms with Crippen molar-refractivity contribution in [3.05, 3.63) is 35.1 Å². The number of hydrogen-bond acceptors (Lipinski definition) is 0. The fourth-order valence-corrected chi connectivity index (χ4v) is 1.03. The summed E-state index contributed by atoms with van der Waals surface area (Å²) in [7, 11) is 0. The van der Waals surface area contributed by atoms with Gasteiger partial charge in [-0.2, -0.15) is 0 Å². The van der Waals surface area contributed by atoms with E-state index in [1.165, 1.54) is 19.1 Å². The zero-order valence-electron chi connectivity index (χ0n) is 7.03. The molecule has 0 saturated carbocycles. The van der Waals surface area contributed by atoms with E-state index in [1.54, 1.807) is 0 Å². The quantitative estimate of drug-likeness (QED) is 0.497. The Balaban J connectivity index is 2.86. The van der Waals surface area contributed by atoms with Crippen molar-refractivity contribution in [2.24, 2.45) is 0 Å². The lowest BCUT2D eigenvalue weighted by Gasteiger charge is -2.13. The summed E-state index contributed by atoms with van der Waals surface area (Å²) in [4.78, 5) is 0. The summed E-state index contributed by atoms with van der Waals surface area (Å²) in [6.07, 6.45) is -1.02. The van der Waals surface area contributed by atoms with Gasteiger partial charge in [-0.1, -0.05) is 24.0 Å². The molecule has 0 saturated heterocycles. The minimum atomic E-state index is -4.87. The summed E-state index contributed by atoms with van der Waals surface area (Å²) >= 11 is 0. The molecule has 13 heavy (non-hydrogen) atoms. The third kappa shape index (κ3) is 3.09. The van der Waals surface area contributed by atoms with Crippen LogP contribution in [0.5, 0.6) is 0 Å². The molecule has 0 aliphatic rings. The van der Waals surface area contributed by atoms with E-state index in [-0.39, 0.29) is 5.56 Å². The molecule has 0 N–H and O–H groups in total. The molecule has 1 rings (SSSR count). The van der Waals surface area contributed by atoms with Gasteiger partial charge in [0.2, 0.25) is 0 Å². The topological polar surface area (TPSA) is 0 Å². The van der Waals surface area contributed by atoms with E-state index in [0.717, 1.165) is 6.07 Å². The summed E-state index contributed by atoms with van der Waals surface area (Å²) in [6.45, 7) is -3.36. The Hall–Kier alpha value is -0.995. The van der Waals surface area contributed by atoms with Crippen molar-refractivity contribution >= 4 is 6.98 Å². The van der Waals surface area contributed by atoms with E-state index in [0.29, 0.717) is 5.56 Å². The zero-order chi connectivity index (χ0) is 10.1. The fourth-order valence-electron chi connectivity index (χ4n) is 1.03. The third-order valence-corrected chi connectivity index (χ3v) is 1.70. The van der Waals surface area contributed by atoms with E-state index in [9.17, 15) is 17.3 Å². The zero-order valence-corrected chi connectivity index (χ0v) is 7.03. The number of halogens is 4. The van der Waals surface area contributed by atoms with E-state index < -0.39 is 19.1 Å². The van der Waals surface area contributed by atoms with E-state index in [1.807, 2.05) is 0 Å². The Bertz CT molecular complexity index is 306. The summed E-state index contributed by atoms with van der Waals surface area (Å²) in [6, 6.07) is 3.59. The average Bonchev–Trinajstić information content (AvgIpc) is 1.94. The summed E-state index contributed by atoms with van der Waals surface area (Å²) in [5.74, 6) is -0.586. The van der Waals surface area contributed by atoms with Crippen LogP contribution in [0.25, 0.3) is 0 Å². The maximum absolute atomic E-state index is 12.8. The van der Waals surface area contributed by atoms with E-state index in [4.69, 9.17) is 0 Å². The second-order valence-corrected chi connectivity index (χ2v) is 3.00. The van der Waals surface area contributed by atoms with Crippen LogP contribution in [0.15, 0.2) is 18.2 Å². The van der Waals surface area contributed by atoms with E-state index >= 15 is 0 Å². The van der Waals surface area contributed by atoms with Gasteiger partial charge in [-0.15, -0.1) is 0 Å². The van der Waals surface area contributed by atoms with Gasteiger partial charge in [0.05, 0.1) is 0 Å². The van der Waals surface area contributed by atoms with Crippen LogP contribution >= 0.6 is 0 Å². The first-order valence-electron chi connectivity index (χ1n) is 3.84. The van der Waals surface area contributed by atoms with Gasteiger partial charge in [0, 0.05) is 0 Å². The SMILES string of the molecule is Cc1ccc(C[B-](F)(F)F)cc1F. The van der Waals surface area contributed by atoms with Crippen molar-refractivity contribution in [1.29, 1.82) is 0 Å². The minimum Gasteiger partial charge on any atom is -0.449 e. The molecule has 0 aliphatic carbocycles. The molecular formula is C8H8BF4-. The number of benzene rings is 1. The van der Waals surface area contributed by atoms with Crippen LogP contribution < -0.4 is 0 Å². The van der Waals surface area contributed by atoms with Crippen molar-refractivity contribution in [2.45, 2.75) is 13.2 Å². The highest BCUT2D eigenvalue weighted by molar-refractivity contribution is 6.57. The standard InChI is InChI=1S/C8H8BF4/c1-6-2-3-7(4-8(6)10)5-9(11,12)13/h2-4H,5H2,1H3/q-1. The van der Waals surface area contributed by atoms with Crippen molar-refractivity contribution < 1.29 is 17.3 Å². The highest BCUT2D eigenvalue weighted by atomic mass is 19.4. The van der Waals surface area contributed by atoms with Gasteiger partial charge >= 0.3 is 6.98 Å². The maximum Gasteiger partial charge on any atom is 0.482 e. The molecule has 0 spiro atoms. The van der Waals surface area contributed by atoms with Crippen LogP contribution in [-0.4, -0.2) is 6.98 Å². The molecule has 0 heterocycles. The fraction of sp³-hybridized carbons (Fsp3) is 0.250. The largest absolute Gasteiger partial charge is 0.482 e. The number of rotatable bonds is 2. The van der Waals surface area contributed by atoms with Gasteiger partial charge in [0.1, 0.15) is 5.82 Å². The van der Waals surface area contributed by atoms with Crippen LogP contribution in [0, 0.1) is 12.7 Å². The van der Waals surface area contributed by atoms with Crippen LogP contribution in [-0.2, 0) is 6.32 Å². The summed E-state index contributed by atoms with van der Waals surface area (Å²) in [5, 5.41) is 0. The Morgan fingerprint density at radius 1 is 1.23 bits per heavy atom. The maximum atomic E-state index is 12.8. The molecule has 1 aromatic rings. The predicted octanol–water partition coefficient (Wildman–Crippen LogP) is 3.06. The molecule has 0 nitrogen and oxygen atoms in total. The van der Waals surface area contributed by atoms with Crippen molar-refractivity contribution in [3.63, 3.8) is 0 Å². The second kappa shape index (κ2) is 3.40. The normalized spacial score (nSPS) is 11.8. The van der Waals surface area contributed by atoms with Gasteiger partial charge in [0.15, 0.2) is 0 Å². The average molecular weight is 191 g/mol. The first kappa shape index (κ1) is 10.1. The van der Waals surface area contributed by atoms with Gasteiger partial charge < -0.3 is 12.9 Å². The molecule has 0 unspecified atom stereocenters. The third-order valence-electron chi connectivity index (χ3n) is 1.70. The van der Waals surface area contributed by atoms with Gasteiger partial charge in [-0.3, -0.25) is 0 Å². The lowest BCUT2D eigenvalue weighted by atomic mass is 9.82. The van der Waals surface area contributed by atoms with Crippen molar-refractivity contribution in [1.82, 2.24) is 0 Å². The monoisotopic (exact) mass is 191 g/mol. The molecule has 0 aliphatic heterocycles. The van der Waals surface area contributed by atoms with E-state index in [2.05, 4.69) is 0 Å². The molecule has 0 aromatic heterocycles. The van der Waals surface area contributed by atoms with Crippen LogP contribution in [0.3, 0.4) is 0 Å². The molecule has 0 bridgehead atoms. The highest BCUT2D eigenvalue weighted by Crippen LogP contribution is 2.18. The summed E-state index contributed by atoms with van der Waals surface area (Å²) in [5.41, 5.74) is 0.342. The van der Waals surface area contributed by atoms with Crippen LogP contribution in [0.4, 0.5) is 17.3 Å². The Labute approximate surface area is 73.6 Å². The molecule has 0 radical (unpaired) electrons. The first-order valence-corrected chi connectivity index (χ1v) is 3.84. The van der Waals surface area contributed by atoms with Crippen molar-refractivity contribution in [2.75, 3.05) is 0 Å². The van der Waals surface area contributed by atoms with Gasteiger partial charge in [-0.25, -0.2) is 4.39 Å². The smallest absolute Gasteiger partial charge is 0.449 e. The second-order valence-electron chi connectivity index (χ2n) is 3.00. The highest BCUT2D eigenvalue weighted by Gasteiger charge is 2.23. The predicted molar refractivity (Wildman–Crippen MR) is 43.9 cm³/mol. The van der Waals surface area contributed by atoms with Gasteiger partial charge in [-0.05, 0) is 18.6 Å². The molecule has 0 amide bonds. The van der Waals surface area contributed by atoms with Crippen molar-refractivity contribution in [3.8, 4) is 0 Å². The Morgan fingerprint density at radius 3 is 2.31 bits per heavy atom. The lowest BCUT2D eigenvalue weighted by Crippen LogP contribution is -2.19. The molecule has 5 heteroatoms.